The van der Waals surface area contributed by atoms with E-state index in [0.29, 0.717) is 23.9 Å². The molecule has 2 atom stereocenters. The van der Waals surface area contributed by atoms with Crippen LogP contribution in [0.5, 0.6) is 0 Å². The van der Waals surface area contributed by atoms with E-state index in [1.807, 2.05) is 21.1 Å². The summed E-state index contributed by atoms with van der Waals surface area (Å²) < 4.78 is 23.0. The number of hydrogen-bond donors (Lipinski definition) is 1. The van der Waals surface area contributed by atoms with Gasteiger partial charge in [-0.25, -0.2) is 4.79 Å². The molecule has 0 fully saturated rings. The predicted octanol–water partition coefficient (Wildman–Crippen LogP) is 24.7. The van der Waals surface area contributed by atoms with E-state index in [-0.39, 0.29) is 32.2 Å². The average Bonchev–Trinajstić information content (AvgIpc) is 3.74. The molecule has 0 aliphatic heterocycles. The minimum atomic E-state index is -1.52. The topological polar surface area (TPSA) is 108 Å². The van der Waals surface area contributed by atoms with Crippen molar-refractivity contribution in [2.24, 2.45) is 0 Å². The van der Waals surface area contributed by atoms with Crippen molar-refractivity contribution >= 4 is 17.9 Å². The van der Waals surface area contributed by atoms with Crippen LogP contribution in [-0.2, 0) is 33.3 Å². The number of ether oxygens (including phenoxy) is 4. The van der Waals surface area contributed by atoms with Crippen LogP contribution < -0.4 is 0 Å². The van der Waals surface area contributed by atoms with Crippen LogP contribution in [0.2, 0.25) is 0 Å². The number of carbonyl (C=O) groups is 3. The molecule has 534 valence electrons. The molecular formula is C84H146NO8+. The number of carboxylic acid groups (broad SMARTS) is 1. The Kier molecular flexibility index (Phi) is 70.1. The maximum atomic E-state index is 13.0. The lowest BCUT2D eigenvalue weighted by Gasteiger charge is -2.25. The maximum absolute atomic E-state index is 13.0. The fourth-order valence-electron chi connectivity index (χ4n) is 10.8. The smallest absolute Gasteiger partial charge is 0.361 e. The molecule has 1 N–H and O–H groups in total. The van der Waals surface area contributed by atoms with Crippen molar-refractivity contribution in [2.75, 3.05) is 47.5 Å². The fourth-order valence-corrected chi connectivity index (χ4v) is 10.8. The van der Waals surface area contributed by atoms with Crippen molar-refractivity contribution in [2.45, 2.75) is 347 Å². The summed E-state index contributed by atoms with van der Waals surface area (Å²) >= 11 is 0. The number of carbonyl (C=O) groups excluding carboxylic acids is 2. The first-order valence-electron chi connectivity index (χ1n) is 38.7. The summed E-state index contributed by atoms with van der Waals surface area (Å²) in [4.78, 5) is 37.7. The standard InChI is InChI=1S/C84H145NO8/c1-6-8-10-12-14-16-18-20-22-24-26-28-30-32-34-36-38-40-41-43-44-46-48-50-52-54-56-58-60-62-64-66-68-70-72-74-81(86)91-78-80(79-92-84(83(88)89)90-77-76-85(3,4)5)93-82(87)75-73-71-69-67-65-63-61-59-57-55-53-51-49-47-45-42-39-37-35-33-31-29-27-25-23-21-19-17-15-13-11-9-7-2/h9,11,15,17-18,20-21,23-24,26-27,29,33,35,39,42,47,49,53,55,80,84H,6-8,10,12-14,16,19,22,25,28,30-32,34,36-38,40-41,43-46,48,50-52,54,56-79H2,1-5H3/p+1/b11-9-,17-15-,20-18-,23-21-,26-24-,29-27-,35-33-,42-39-,49-47-,55-53-. The summed E-state index contributed by atoms with van der Waals surface area (Å²) in [5, 5.41) is 9.77. The third kappa shape index (κ3) is 74.9. The molecule has 0 aliphatic carbocycles. The Morgan fingerprint density at radius 2 is 0.613 bits per heavy atom. The van der Waals surface area contributed by atoms with Crippen LogP contribution >= 0.6 is 0 Å². The number of esters is 2. The highest BCUT2D eigenvalue weighted by molar-refractivity contribution is 5.71. The number of allylic oxidation sites excluding steroid dienone is 20. The molecule has 0 radical (unpaired) electrons. The molecule has 0 rings (SSSR count). The van der Waals surface area contributed by atoms with E-state index in [1.165, 1.54) is 199 Å². The second-order valence-corrected chi connectivity index (χ2v) is 26.9. The molecule has 0 aromatic rings. The minimum absolute atomic E-state index is 0.182. The molecular weight excluding hydrogens is 1150 g/mol. The molecule has 0 aromatic carbocycles. The van der Waals surface area contributed by atoms with Gasteiger partial charge >= 0.3 is 17.9 Å². The van der Waals surface area contributed by atoms with Gasteiger partial charge in [0.05, 0.1) is 34.4 Å². The zero-order chi connectivity index (χ0) is 67.5. The lowest BCUT2D eigenvalue weighted by molar-refractivity contribution is -0.870. The highest BCUT2D eigenvalue weighted by atomic mass is 16.7. The number of nitrogens with zero attached hydrogens (tertiary/aromatic N) is 1. The summed E-state index contributed by atoms with van der Waals surface area (Å²) in [7, 11) is 5.98. The van der Waals surface area contributed by atoms with Crippen molar-refractivity contribution in [1.29, 1.82) is 0 Å². The van der Waals surface area contributed by atoms with Gasteiger partial charge in [-0.3, -0.25) is 9.59 Å². The highest BCUT2D eigenvalue weighted by Gasteiger charge is 2.25. The van der Waals surface area contributed by atoms with E-state index in [4.69, 9.17) is 18.9 Å². The van der Waals surface area contributed by atoms with Gasteiger partial charge < -0.3 is 28.5 Å². The van der Waals surface area contributed by atoms with Crippen LogP contribution in [-0.4, -0.2) is 87.4 Å². The molecule has 0 aliphatic rings. The Morgan fingerprint density at radius 1 is 0.333 bits per heavy atom. The molecule has 9 heteroatoms. The van der Waals surface area contributed by atoms with E-state index >= 15 is 0 Å². The molecule has 93 heavy (non-hydrogen) atoms. The van der Waals surface area contributed by atoms with Crippen molar-refractivity contribution in [3.05, 3.63) is 122 Å². The molecule has 0 aromatic heterocycles. The second-order valence-electron chi connectivity index (χ2n) is 26.9. The van der Waals surface area contributed by atoms with E-state index in [0.717, 1.165) is 103 Å². The summed E-state index contributed by atoms with van der Waals surface area (Å²) in [5.41, 5.74) is 0. The highest BCUT2D eigenvalue weighted by Crippen LogP contribution is 2.18. The maximum Gasteiger partial charge on any atom is 0.361 e. The fraction of sp³-hybridized carbons (Fsp3) is 0.726. The lowest BCUT2D eigenvalue weighted by Crippen LogP contribution is -2.40. The van der Waals surface area contributed by atoms with Crippen molar-refractivity contribution < 1.29 is 42.9 Å². The summed E-state index contributed by atoms with van der Waals surface area (Å²) in [6.07, 6.45) is 102. The average molecular weight is 1300 g/mol. The van der Waals surface area contributed by atoms with Crippen LogP contribution in [0, 0.1) is 0 Å². The number of quaternary nitrogens is 1. The van der Waals surface area contributed by atoms with Crippen molar-refractivity contribution in [3.63, 3.8) is 0 Å². The third-order valence-electron chi connectivity index (χ3n) is 16.7. The Balaban J connectivity index is 4.08. The number of unbranched alkanes of at least 4 members (excludes halogenated alkanes) is 36. The Bertz CT molecular complexity index is 1950. The minimum Gasteiger partial charge on any atom is -0.477 e. The van der Waals surface area contributed by atoms with Gasteiger partial charge in [-0.1, -0.05) is 334 Å². The first kappa shape index (κ1) is 88.7. The van der Waals surface area contributed by atoms with Crippen molar-refractivity contribution in [1.82, 2.24) is 0 Å². The van der Waals surface area contributed by atoms with Crippen LogP contribution in [0.3, 0.4) is 0 Å². The summed E-state index contributed by atoms with van der Waals surface area (Å²) in [6, 6.07) is 0. The molecule has 2 unspecified atom stereocenters. The molecule has 0 saturated carbocycles. The molecule has 9 nitrogen and oxygen atoms in total. The number of hydrogen-bond acceptors (Lipinski definition) is 7. The number of aliphatic carboxylic acids is 1. The van der Waals surface area contributed by atoms with E-state index in [1.54, 1.807) is 0 Å². The van der Waals surface area contributed by atoms with Crippen molar-refractivity contribution in [3.8, 4) is 0 Å². The zero-order valence-electron chi connectivity index (χ0n) is 61.1. The summed E-state index contributed by atoms with van der Waals surface area (Å²) in [5.74, 6) is -2.01. The normalized spacial score (nSPS) is 13.3. The first-order chi connectivity index (χ1) is 45.6. The van der Waals surface area contributed by atoms with E-state index in [2.05, 4.69) is 135 Å². The number of likely N-dealkylation sites (N-methyl/N-ethyl adjacent to an activating group) is 1. The van der Waals surface area contributed by atoms with Gasteiger partial charge in [-0.15, -0.1) is 0 Å². The van der Waals surface area contributed by atoms with Gasteiger partial charge in [-0.2, -0.15) is 0 Å². The second kappa shape index (κ2) is 73.5. The lowest BCUT2D eigenvalue weighted by atomic mass is 10.0. The SMILES string of the molecule is CC/C=C\C/C=C\C/C=C\C/C=C\C/C=C\C/C=C\C/C=C\C/C=C\CCCCCCCCCCC(=O)OC(COC(=O)CCCCCCCCCCCCCCCCCCCCCCCCC/C=C\C/C=C\CCCCCCC)COC(OCC[N+](C)(C)C)C(=O)O. The molecule has 0 amide bonds. The van der Waals surface area contributed by atoms with Gasteiger partial charge in [0.25, 0.3) is 6.29 Å². The Hall–Kier alpha value is -4.31. The summed E-state index contributed by atoms with van der Waals surface area (Å²) in [6.45, 7) is 4.77. The molecule has 0 heterocycles. The molecule has 0 spiro atoms. The molecule has 0 saturated heterocycles. The molecule has 0 bridgehead atoms. The monoisotopic (exact) mass is 1300 g/mol. The zero-order valence-corrected chi connectivity index (χ0v) is 61.1. The Labute approximate surface area is 574 Å². The first-order valence-corrected chi connectivity index (χ1v) is 38.7. The quantitative estimate of drug-likeness (QED) is 0.0211. The van der Waals surface area contributed by atoms with Crippen LogP contribution in [0.25, 0.3) is 0 Å². The van der Waals surface area contributed by atoms with Gasteiger partial charge in [0.2, 0.25) is 0 Å². The Morgan fingerprint density at radius 3 is 0.914 bits per heavy atom. The van der Waals surface area contributed by atoms with Gasteiger partial charge in [0.1, 0.15) is 13.2 Å². The van der Waals surface area contributed by atoms with Gasteiger partial charge in [0, 0.05) is 12.8 Å². The largest absolute Gasteiger partial charge is 0.477 e. The number of carboxylic acids is 1. The van der Waals surface area contributed by atoms with Crippen LogP contribution in [0.4, 0.5) is 0 Å². The third-order valence-corrected chi connectivity index (χ3v) is 16.7. The van der Waals surface area contributed by atoms with Crippen LogP contribution in [0.15, 0.2) is 122 Å². The van der Waals surface area contributed by atoms with Gasteiger partial charge in [0.15, 0.2) is 6.10 Å². The van der Waals surface area contributed by atoms with Gasteiger partial charge in [-0.05, 0) is 109 Å². The van der Waals surface area contributed by atoms with Crippen LogP contribution in [0.1, 0.15) is 335 Å². The number of rotatable bonds is 71. The predicted molar refractivity (Wildman–Crippen MR) is 401 cm³/mol. The van der Waals surface area contributed by atoms with E-state index in [9.17, 15) is 19.5 Å². The van der Waals surface area contributed by atoms with E-state index < -0.39 is 24.3 Å².